The Balaban J connectivity index is 1.91. The molecule has 84 valence electrons. The molecule has 2 rings (SSSR count). The molecule has 0 spiro atoms. The highest BCUT2D eigenvalue weighted by atomic mass is 15.1. The van der Waals surface area contributed by atoms with Gasteiger partial charge < -0.3 is 9.88 Å². The molecule has 1 unspecified atom stereocenters. The van der Waals surface area contributed by atoms with Gasteiger partial charge in [0, 0.05) is 25.0 Å². The molecule has 0 amide bonds. The summed E-state index contributed by atoms with van der Waals surface area (Å²) in [4.78, 5) is 4.09. The fourth-order valence-corrected chi connectivity index (χ4v) is 2.63. The first-order chi connectivity index (χ1) is 7.40. The largest absolute Gasteiger partial charge is 0.336 e. The first kappa shape index (κ1) is 10.7. The molecular weight excluding hydrogens is 186 g/mol. The lowest BCUT2D eigenvalue weighted by molar-refractivity contribution is 0.257. The Kier molecular flexibility index (Phi) is 3.78. The van der Waals surface area contributed by atoms with Crippen molar-refractivity contribution in [3.8, 4) is 0 Å². The number of nitrogens with one attached hydrogen (secondary N) is 1. The van der Waals surface area contributed by atoms with Gasteiger partial charge in [-0.3, -0.25) is 0 Å². The second-order valence-corrected chi connectivity index (χ2v) is 4.55. The Morgan fingerprint density at radius 1 is 1.40 bits per heavy atom. The SMILES string of the molecule is CNC(Cn1ccnc1)C1CCCCC1. The van der Waals surface area contributed by atoms with Gasteiger partial charge in [-0.2, -0.15) is 0 Å². The van der Waals surface area contributed by atoms with Gasteiger partial charge in [-0.05, 0) is 25.8 Å². The maximum atomic E-state index is 4.09. The van der Waals surface area contributed by atoms with Gasteiger partial charge in [-0.25, -0.2) is 4.98 Å². The summed E-state index contributed by atoms with van der Waals surface area (Å²) in [6.45, 7) is 1.06. The topological polar surface area (TPSA) is 29.9 Å². The van der Waals surface area contributed by atoms with E-state index in [0.29, 0.717) is 6.04 Å². The molecule has 3 heteroatoms. The number of nitrogens with zero attached hydrogens (tertiary/aromatic N) is 2. The van der Waals surface area contributed by atoms with Crippen molar-refractivity contribution < 1.29 is 0 Å². The van der Waals surface area contributed by atoms with Crippen LogP contribution in [0.15, 0.2) is 18.7 Å². The van der Waals surface area contributed by atoms with Crippen molar-refractivity contribution in [2.75, 3.05) is 7.05 Å². The van der Waals surface area contributed by atoms with E-state index in [-0.39, 0.29) is 0 Å². The summed E-state index contributed by atoms with van der Waals surface area (Å²) in [6, 6.07) is 0.611. The second kappa shape index (κ2) is 5.31. The molecule has 1 aromatic heterocycles. The fraction of sp³-hybridized carbons (Fsp3) is 0.750. The van der Waals surface area contributed by atoms with Crippen molar-refractivity contribution >= 4 is 0 Å². The highest BCUT2D eigenvalue weighted by molar-refractivity contribution is 4.82. The molecule has 3 nitrogen and oxygen atoms in total. The van der Waals surface area contributed by atoms with E-state index in [4.69, 9.17) is 0 Å². The smallest absolute Gasteiger partial charge is 0.0946 e. The van der Waals surface area contributed by atoms with Gasteiger partial charge in [0.25, 0.3) is 0 Å². The molecule has 1 aliphatic carbocycles. The van der Waals surface area contributed by atoms with Gasteiger partial charge in [-0.1, -0.05) is 19.3 Å². The fourth-order valence-electron chi connectivity index (χ4n) is 2.63. The molecule has 0 aliphatic heterocycles. The van der Waals surface area contributed by atoms with E-state index in [1.165, 1.54) is 32.1 Å². The number of hydrogen-bond donors (Lipinski definition) is 1. The molecule has 1 heterocycles. The van der Waals surface area contributed by atoms with Crippen molar-refractivity contribution in [2.24, 2.45) is 5.92 Å². The molecule has 1 saturated carbocycles. The van der Waals surface area contributed by atoms with Crippen molar-refractivity contribution in [3.63, 3.8) is 0 Å². The Bertz CT molecular complexity index is 262. The lowest BCUT2D eigenvalue weighted by Crippen LogP contribution is -2.38. The van der Waals surface area contributed by atoms with Crippen LogP contribution in [0.4, 0.5) is 0 Å². The Labute approximate surface area is 91.9 Å². The maximum absolute atomic E-state index is 4.09. The highest BCUT2D eigenvalue weighted by Crippen LogP contribution is 2.26. The zero-order chi connectivity index (χ0) is 10.5. The van der Waals surface area contributed by atoms with Crippen LogP contribution in [-0.2, 0) is 6.54 Å². The van der Waals surface area contributed by atoms with Gasteiger partial charge in [0.2, 0.25) is 0 Å². The monoisotopic (exact) mass is 207 g/mol. The number of rotatable bonds is 4. The normalized spacial score (nSPS) is 20.3. The van der Waals surface area contributed by atoms with Crippen LogP contribution in [0, 0.1) is 5.92 Å². The quantitative estimate of drug-likeness (QED) is 0.819. The third kappa shape index (κ3) is 2.81. The molecule has 1 atom stereocenters. The van der Waals surface area contributed by atoms with Crippen LogP contribution < -0.4 is 5.32 Å². The van der Waals surface area contributed by atoms with E-state index >= 15 is 0 Å². The third-order valence-corrected chi connectivity index (χ3v) is 3.56. The molecule has 1 fully saturated rings. The van der Waals surface area contributed by atoms with E-state index in [1.807, 2.05) is 18.7 Å². The van der Waals surface area contributed by atoms with Crippen LogP contribution in [0.3, 0.4) is 0 Å². The summed E-state index contributed by atoms with van der Waals surface area (Å²) in [7, 11) is 2.08. The first-order valence-electron chi connectivity index (χ1n) is 6.03. The Morgan fingerprint density at radius 3 is 2.80 bits per heavy atom. The molecule has 1 aliphatic rings. The molecule has 0 bridgehead atoms. The Morgan fingerprint density at radius 2 is 2.20 bits per heavy atom. The molecule has 15 heavy (non-hydrogen) atoms. The van der Waals surface area contributed by atoms with Crippen molar-refractivity contribution in [1.29, 1.82) is 0 Å². The second-order valence-electron chi connectivity index (χ2n) is 4.55. The van der Waals surface area contributed by atoms with Crippen molar-refractivity contribution in [1.82, 2.24) is 14.9 Å². The van der Waals surface area contributed by atoms with Gasteiger partial charge in [-0.15, -0.1) is 0 Å². The summed E-state index contributed by atoms with van der Waals surface area (Å²) >= 11 is 0. The summed E-state index contributed by atoms with van der Waals surface area (Å²) < 4.78 is 2.18. The summed E-state index contributed by atoms with van der Waals surface area (Å²) in [5, 5.41) is 3.46. The van der Waals surface area contributed by atoms with Crippen LogP contribution in [0.2, 0.25) is 0 Å². The molecule has 1 aromatic rings. The van der Waals surface area contributed by atoms with Gasteiger partial charge >= 0.3 is 0 Å². The summed E-state index contributed by atoms with van der Waals surface area (Å²) in [5.41, 5.74) is 0. The summed E-state index contributed by atoms with van der Waals surface area (Å²) in [6.07, 6.45) is 12.8. The molecule has 0 saturated heterocycles. The third-order valence-electron chi connectivity index (χ3n) is 3.56. The number of aromatic nitrogens is 2. The van der Waals surface area contributed by atoms with E-state index in [0.717, 1.165) is 12.5 Å². The molecule has 1 N–H and O–H groups in total. The average Bonchev–Trinajstić information content (AvgIpc) is 2.80. The zero-order valence-corrected chi connectivity index (χ0v) is 9.52. The Hall–Kier alpha value is -0.830. The van der Waals surface area contributed by atoms with Crippen LogP contribution in [-0.4, -0.2) is 22.6 Å². The molecule has 0 aromatic carbocycles. The van der Waals surface area contributed by atoms with E-state index in [2.05, 4.69) is 21.9 Å². The number of hydrogen-bond acceptors (Lipinski definition) is 2. The predicted molar refractivity (Wildman–Crippen MR) is 61.6 cm³/mol. The van der Waals surface area contributed by atoms with Crippen LogP contribution >= 0.6 is 0 Å². The molecular formula is C12H21N3. The van der Waals surface area contributed by atoms with Gasteiger partial charge in [0.05, 0.1) is 6.33 Å². The highest BCUT2D eigenvalue weighted by Gasteiger charge is 2.22. The lowest BCUT2D eigenvalue weighted by Gasteiger charge is -2.30. The lowest BCUT2D eigenvalue weighted by atomic mass is 9.84. The van der Waals surface area contributed by atoms with Gasteiger partial charge in [0.15, 0.2) is 0 Å². The van der Waals surface area contributed by atoms with Crippen LogP contribution in [0.5, 0.6) is 0 Å². The zero-order valence-electron chi connectivity index (χ0n) is 9.52. The maximum Gasteiger partial charge on any atom is 0.0946 e. The minimum atomic E-state index is 0.611. The van der Waals surface area contributed by atoms with Crippen LogP contribution in [0.1, 0.15) is 32.1 Å². The average molecular weight is 207 g/mol. The first-order valence-corrected chi connectivity index (χ1v) is 6.03. The molecule has 0 radical (unpaired) electrons. The van der Waals surface area contributed by atoms with E-state index < -0.39 is 0 Å². The summed E-state index contributed by atoms with van der Waals surface area (Å²) in [5.74, 6) is 0.853. The number of imidazole rings is 1. The van der Waals surface area contributed by atoms with Crippen molar-refractivity contribution in [3.05, 3.63) is 18.7 Å². The number of likely N-dealkylation sites (N-methyl/N-ethyl adjacent to an activating group) is 1. The van der Waals surface area contributed by atoms with Crippen LogP contribution in [0.25, 0.3) is 0 Å². The van der Waals surface area contributed by atoms with E-state index in [9.17, 15) is 0 Å². The predicted octanol–water partition coefficient (Wildman–Crippen LogP) is 2.05. The standard InChI is InChI=1S/C12H21N3/c1-13-12(9-15-8-7-14-10-15)11-5-3-2-4-6-11/h7-8,10-13H,2-6,9H2,1H3. The minimum absolute atomic E-state index is 0.611. The van der Waals surface area contributed by atoms with Crippen molar-refractivity contribution in [2.45, 2.75) is 44.7 Å². The minimum Gasteiger partial charge on any atom is -0.336 e. The van der Waals surface area contributed by atoms with E-state index in [1.54, 1.807) is 0 Å². The van der Waals surface area contributed by atoms with Gasteiger partial charge in [0.1, 0.15) is 0 Å².